The zero-order valence-electron chi connectivity index (χ0n) is 15.6. The number of nitrogens with zero attached hydrogens (tertiary/aromatic N) is 2. The summed E-state index contributed by atoms with van der Waals surface area (Å²) in [6.07, 6.45) is -0.181. The van der Waals surface area contributed by atoms with E-state index in [4.69, 9.17) is 9.26 Å². The average molecular weight is 373 g/mol. The van der Waals surface area contributed by atoms with Crippen LogP contribution < -0.4 is 5.32 Å². The summed E-state index contributed by atoms with van der Waals surface area (Å²) in [6, 6.07) is 6.67. The number of hydrogen-bond acceptors (Lipinski definition) is 7. The smallest absolute Gasteiger partial charge is 0.323 e. The number of rotatable bonds is 5. The van der Waals surface area contributed by atoms with Crippen LogP contribution in [-0.4, -0.2) is 52.8 Å². The number of aliphatic hydroxyl groups excluding tert-OH is 1. The molecule has 2 heterocycles. The van der Waals surface area contributed by atoms with Crippen LogP contribution in [-0.2, 0) is 16.1 Å². The van der Waals surface area contributed by atoms with Gasteiger partial charge >= 0.3 is 5.97 Å². The van der Waals surface area contributed by atoms with E-state index in [0.717, 1.165) is 5.56 Å². The van der Waals surface area contributed by atoms with E-state index in [1.54, 1.807) is 26.0 Å². The molecule has 8 nitrogen and oxygen atoms in total. The topological polar surface area (TPSA) is 105 Å². The Morgan fingerprint density at radius 2 is 2.04 bits per heavy atom. The molecule has 0 bridgehead atoms. The van der Waals surface area contributed by atoms with Crippen molar-refractivity contribution < 1.29 is 24.0 Å². The van der Waals surface area contributed by atoms with Crippen LogP contribution >= 0.6 is 0 Å². The maximum absolute atomic E-state index is 12.4. The molecule has 2 atom stereocenters. The first kappa shape index (κ1) is 19.1. The molecule has 0 spiro atoms. The molecule has 1 aliphatic rings. The highest BCUT2D eigenvalue weighted by Gasteiger charge is 2.36. The number of β-amino-alcohol motifs (C(OH)–C–C–N with tert-alkyl or cyclic N) is 1. The summed E-state index contributed by atoms with van der Waals surface area (Å²) in [4.78, 5) is 26.2. The molecule has 1 fully saturated rings. The number of methoxy groups -OCH3 is 1. The minimum atomic E-state index is -0.547. The first-order valence-corrected chi connectivity index (χ1v) is 8.72. The van der Waals surface area contributed by atoms with E-state index < -0.39 is 12.1 Å². The Hall–Kier alpha value is -2.71. The summed E-state index contributed by atoms with van der Waals surface area (Å²) in [7, 11) is 1.34. The van der Waals surface area contributed by atoms with Crippen molar-refractivity contribution in [3.8, 4) is 0 Å². The van der Waals surface area contributed by atoms with Gasteiger partial charge in [-0.05, 0) is 31.5 Å². The number of anilines is 1. The quantitative estimate of drug-likeness (QED) is 0.768. The molecule has 2 aromatic rings. The van der Waals surface area contributed by atoms with E-state index in [9.17, 15) is 14.7 Å². The van der Waals surface area contributed by atoms with Gasteiger partial charge in [0, 0.05) is 25.1 Å². The van der Waals surface area contributed by atoms with Crippen molar-refractivity contribution in [2.45, 2.75) is 39.0 Å². The Bertz CT molecular complexity index is 811. The molecule has 0 radical (unpaired) electrons. The van der Waals surface area contributed by atoms with E-state index in [0.29, 0.717) is 42.2 Å². The van der Waals surface area contributed by atoms with Gasteiger partial charge in [-0.15, -0.1) is 0 Å². The van der Waals surface area contributed by atoms with E-state index in [1.807, 2.05) is 17.0 Å². The van der Waals surface area contributed by atoms with Crippen molar-refractivity contribution in [2.75, 3.05) is 19.0 Å². The molecular formula is C19H23N3O5. The lowest BCUT2D eigenvalue weighted by atomic mass is 10.1. The lowest BCUT2D eigenvalue weighted by Gasteiger charge is -2.22. The van der Waals surface area contributed by atoms with Crippen LogP contribution in [0, 0.1) is 13.8 Å². The van der Waals surface area contributed by atoms with Crippen molar-refractivity contribution in [2.24, 2.45) is 0 Å². The molecule has 8 heteroatoms. The normalized spacial score (nSPS) is 19.9. The van der Waals surface area contributed by atoms with Gasteiger partial charge in [0.15, 0.2) is 5.76 Å². The van der Waals surface area contributed by atoms with Crippen molar-refractivity contribution in [3.05, 3.63) is 46.8 Å². The second kappa shape index (κ2) is 7.89. The van der Waals surface area contributed by atoms with Gasteiger partial charge in [-0.3, -0.25) is 14.5 Å². The monoisotopic (exact) mass is 373 g/mol. The van der Waals surface area contributed by atoms with E-state index in [-0.39, 0.29) is 11.9 Å². The van der Waals surface area contributed by atoms with Crippen molar-refractivity contribution in [1.29, 1.82) is 0 Å². The average Bonchev–Trinajstić information content (AvgIpc) is 3.18. The second-order valence-corrected chi connectivity index (χ2v) is 6.71. The van der Waals surface area contributed by atoms with E-state index in [1.165, 1.54) is 7.11 Å². The molecule has 2 N–H and O–H groups in total. The molecule has 0 aliphatic carbocycles. The van der Waals surface area contributed by atoms with Crippen LogP contribution in [0.4, 0.5) is 5.69 Å². The molecule has 144 valence electrons. The number of aryl methyl sites for hydroxylation is 2. The fourth-order valence-corrected chi connectivity index (χ4v) is 3.28. The Morgan fingerprint density at radius 1 is 1.33 bits per heavy atom. The number of aliphatic hydroxyl groups is 1. The zero-order valence-corrected chi connectivity index (χ0v) is 15.6. The maximum atomic E-state index is 12.4. The standard InChI is InChI=1S/C19H23N3O5/c1-11-17(12(2)27-21-11)20-18(24)14-6-4-13(5-7-14)9-22-10-15(23)8-16(22)19(25)26-3/h4-7,15-16,23H,8-10H2,1-3H3,(H,20,24)/t15-,16+/m1/s1. The highest BCUT2D eigenvalue weighted by molar-refractivity contribution is 6.04. The summed E-state index contributed by atoms with van der Waals surface area (Å²) in [6.45, 7) is 4.40. The number of carbonyl (C=O) groups is 2. The van der Waals surface area contributed by atoms with Crippen LogP contribution in [0.3, 0.4) is 0 Å². The largest absolute Gasteiger partial charge is 0.468 e. The highest BCUT2D eigenvalue weighted by atomic mass is 16.5. The Kier molecular flexibility index (Phi) is 5.57. The van der Waals surface area contributed by atoms with Crippen LogP contribution in [0.5, 0.6) is 0 Å². The van der Waals surface area contributed by atoms with E-state index >= 15 is 0 Å². The number of esters is 1. The van der Waals surface area contributed by atoms with Gasteiger partial charge in [-0.1, -0.05) is 17.3 Å². The first-order valence-electron chi connectivity index (χ1n) is 8.72. The summed E-state index contributed by atoms with van der Waals surface area (Å²) < 4.78 is 9.86. The van der Waals surface area contributed by atoms with Gasteiger partial charge in [0.05, 0.1) is 13.2 Å². The van der Waals surface area contributed by atoms with Crippen molar-refractivity contribution in [3.63, 3.8) is 0 Å². The molecule has 1 aromatic carbocycles. The minimum Gasteiger partial charge on any atom is -0.468 e. The fraction of sp³-hybridized carbons (Fsp3) is 0.421. The molecule has 1 amide bonds. The molecule has 1 aromatic heterocycles. The van der Waals surface area contributed by atoms with Gasteiger partial charge in [0.25, 0.3) is 5.91 Å². The van der Waals surface area contributed by atoms with Gasteiger partial charge < -0.3 is 19.7 Å². The molecule has 1 saturated heterocycles. The summed E-state index contributed by atoms with van der Waals surface area (Å²) in [5.41, 5.74) is 2.64. The first-order chi connectivity index (χ1) is 12.9. The number of likely N-dealkylation sites (tertiary alicyclic amines) is 1. The Labute approximate surface area is 157 Å². The molecule has 3 rings (SSSR count). The van der Waals surface area contributed by atoms with Crippen LogP contribution in [0.15, 0.2) is 28.8 Å². The molecule has 1 aliphatic heterocycles. The van der Waals surface area contributed by atoms with Gasteiger partial charge in [0.2, 0.25) is 0 Å². The number of benzene rings is 1. The molecule has 0 saturated carbocycles. The van der Waals surface area contributed by atoms with Crippen LogP contribution in [0.2, 0.25) is 0 Å². The number of hydrogen-bond donors (Lipinski definition) is 2. The van der Waals surface area contributed by atoms with Crippen molar-refractivity contribution in [1.82, 2.24) is 10.1 Å². The Morgan fingerprint density at radius 3 is 2.63 bits per heavy atom. The molecule has 27 heavy (non-hydrogen) atoms. The zero-order chi connectivity index (χ0) is 19.6. The fourth-order valence-electron chi connectivity index (χ4n) is 3.28. The number of amides is 1. The predicted octanol–water partition coefficient (Wildman–Crippen LogP) is 1.65. The van der Waals surface area contributed by atoms with Crippen LogP contribution in [0.1, 0.15) is 33.8 Å². The molecular weight excluding hydrogens is 350 g/mol. The van der Waals surface area contributed by atoms with Gasteiger partial charge in [-0.2, -0.15) is 0 Å². The third kappa shape index (κ3) is 4.17. The summed E-state index contributed by atoms with van der Waals surface area (Å²) >= 11 is 0. The second-order valence-electron chi connectivity index (χ2n) is 6.71. The predicted molar refractivity (Wildman–Crippen MR) is 97.2 cm³/mol. The number of ether oxygens (including phenoxy) is 1. The third-order valence-corrected chi connectivity index (χ3v) is 4.73. The summed E-state index contributed by atoms with van der Waals surface area (Å²) in [5, 5.41) is 16.5. The summed E-state index contributed by atoms with van der Waals surface area (Å²) in [5.74, 6) is -0.0408. The lowest BCUT2D eigenvalue weighted by Crippen LogP contribution is -2.36. The number of nitrogens with one attached hydrogen (secondary N) is 1. The lowest BCUT2D eigenvalue weighted by molar-refractivity contribution is -0.146. The number of carbonyl (C=O) groups excluding carboxylic acids is 2. The van der Waals surface area contributed by atoms with Gasteiger partial charge in [0.1, 0.15) is 17.4 Å². The minimum absolute atomic E-state index is 0.250. The number of aromatic nitrogens is 1. The van der Waals surface area contributed by atoms with Crippen molar-refractivity contribution >= 4 is 17.6 Å². The van der Waals surface area contributed by atoms with Gasteiger partial charge in [-0.25, -0.2) is 0 Å². The third-order valence-electron chi connectivity index (χ3n) is 4.73. The maximum Gasteiger partial charge on any atom is 0.323 e. The molecule has 0 unspecified atom stereocenters. The highest BCUT2D eigenvalue weighted by Crippen LogP contribution is 2.23. The Balaban J connectivity index is 1.66. The van der Waals surface area contributed by atoms with E-state index in [2.05, 4.69) is 10.5 Å². The SMILES string of the molecule is COC(=O)[C@@H]1C[C@@H](O)CN1Cc1ccc(C(=O)Nc2c(C)noc2C)cc1. The van der Waals surface area contributed by atoms with Crippen LogP contribution in [0.25, 0.3) is 0 Å².